The van der Waals surface area contributed by atoms with E-state index >= 15 is 0 Å². The van der Waals surface area contributed by atoms with Gasteiger partial charge in [-0.2, -0.15) is 9.61 Å². The lowest BCUT2D eigenvalue weighted by Gasteiger charge is -2.17. The maximum Gasteiger partial charge on any atom is 0.224 e. The van der Waals surface area contributed by atoms with Crippen molar-refractivity contribution in [1.29, 1.82) is 0 Å². The van der Waals surface area contributed by atoms with Crippen LogP contribution in [0.2, 0.25) is 0 Å². The number of pyridine rings is 1. The molecule has 146 valence electrons. The molecule has 3 aromatic heterocycles. The highest BCUT2D eigenvalue weighted by Gasteiger charge is 2.16. The Morgan fingerprint density at radius 2 is 1.66 bits per heavy atom. The van der Waals surface area contributed by atoms with Gasteiger partial charge in [-0.25, -0.2) is 0 Å². The molecule has 1 aromatic carbocycles. The highest BCUT2D eigenvalue weighted by atomic mass is 16.1. The smallest absolute Gasteiger partial charge is 0.224 e. The number of carbonyl (C=O) groups excluding carboxylic acids is 1. The Morgan fingerprint density at radius 1 is 0.931 bits per heavy atom. The van der Waals surface area contributed by atoms with E-state index in [1.807, 2.05) is 69.3 Å². The molecule has 0 atom stereocenters. The van der Waals surface area contributed by atoms with Crippen LogP contribution >= 0.6 is 0 Å². The topological polar surface area (TPSA) is 85.1 Å². The fourth-order valence-electron chi connectivity index (χ4n) is 3.04. The lowest BCUT2D eigenvalue weighted by atomic mass is 9.92. The van der Waals surface area contributed by atoms with Crippen molar-refractivity contribution in [2.45, 2.75) is 27.2 Å². The van der Waals surface area contributed by atoms with Gasteiger partial charge in [-0.1, -0.05) is 32.9 Å². The Labute approximate surface area is 168 Å². The van der Waals surface area contributed by atoms with Crippen LogP contribution in [0.15, 0.2) is 60.9 Å². The lowest BCUT2D eigenvalue weighted by molar-refractivity contribution is -0.117. The van der Waals surface area contributed by atoms with Gasteiger partial charge < -0.3 is 5.32 Å². The monoisotopic (exact) mass is 386 g/mol. The van der Waals surface area contributed by atoms with E-state index in [0.717, 1.165) is 22.5 Å². The first-order valence-electron chi connectivity index (χ1n) is 9.42. The van der Waals surface area contributed by atoms with Crippen molar-refractivity contribution in [3.05, 3.63) is 60.9 Å². The van der Waals surface area contributed by atoms with Crippen molar-refractivity contribution >= 4 is 17.2 Å². The van der Waals surface area contributed by atoms with Crippen LogP contribution in [-0.2, 0) is 4.79 Å². The zero-order valence-corrected chi connectivity index (χ0v) is 16.6. The highest BCUT2D eigenvalue weighted by molar-refractivity contribution is 5.91. The number of nitrogens with zero attached hydrogens (tertiary/aromatic N) is 5. The van der Waals surface area contributed by atoms with Crippen molar-refractivity contribution in [3.63, 3.8) is 0 Å². The number of anilines is 1. The number of nitrogens with one attached hydrogen (secondary N) is 1. The molecule has 0 fully saturated rings. The molecular formula is C22H22N6O. The van der Waals surface area contributed by atoms with E-state index in [2.05, 4.69) is 20.5 Å². The molecule has 29 heavy (non-hydrogen) atoms. The van der Waals surface area contributed by atoms with E-state index in [1.54, 1.807) is 16.9 Å². The third kappa shape index (κ3) is 4.29. The molecule has 0 radical (unpaired) electrons. The van der Waals surface area contributed by atoms with Gasteiger partial charge in [0.15, 0.2) is 11.5 Å². The third-order valence-electron chi connectivity index (χ3n) is 4.36. The normalized spacial score (nSPS) is 11.6. The van der Waals surface area contributed by atoms with Crippen LogP contribution in [0, 0.1) is 5.41 Å². The van der Waals surface area contributed by atoms with Gasteiger partial charge in [0.2, 0.25) is 5.91 Å². The summed E-state index contributed by atoms with van der Waals surface area (Å²) >= 11 is 0. The predicted octanol–water partition coefficient (Wildman–Crippen LogP) is 4.23. The Kier molecular flexibility index (Phi) is 4.80. The van der Waals surface area contributed by atoms with Gasteiger partial charge in [0, 0.05) is 35.6 Å². The first kappa shape index (κ1) is 18.7. The van der Waals surface area contributed by atoms with Gasteiger partial charge in [0.1, 0.15) is 0 Å². The fourth-order valence-corrected chi connectivity index (χ4v) is 3.04. The fraction of sp³-hybridized carbons (Fsp3) is 0.227. The summed E-state index contributed by atoms with van der Waals surface area (Å²) in [4.78, 5) is 16.2. The number of amides is 1. The summed E-state index contributed by atoms with van der Waals surface area (Å²) in [5.41, 5.74) is 4.02. The summed E-state index contributed by atoms with van der Waals surface area (Å²) in [6.07, 6.45) is 3.90. The largest absolute Gasteiger partial charge is 0.326 e. The number of carbonyl (C=O) groups is 1. The molecule has 4 aromatic rings. The molecule has 0 spiro atoms. The number of hydrogen-bond donors (Lipinski definition) is 1. The minimum absolute atomic E-state index is 0.0104. The van der Waals surface area contributed by atoms with Gasteiger partial charge in [-0.05, 0) is 41.8 Å². The van der Waals surface area contributed by atoms with Gasteiger partial charge in [-0.3, -0.25) is 9.78 Å². The number of rotatable bonds is 4. The van der Waals surface area contributed by atoms with E-state index in [1.165, 1.54) is 0 Å². The zero-order valence-electron chi connectivity index (χ0n) is 16.6. The van der Waals surface area contributed by atoms with Gasteiger partial charge >= 0.3 is 0 Å². The molecule has 3 heterocycles. The standard InChI is InChI=1S/C22H22N6O/c1-22(2,3)14-20(29)24-17-6-4-15(5-7-17)18-8-9-19-25-26-21(28(19)27-18)16-10-12-23-13-11-16/h4-13H,14H2,1-3H3,(H,24,29). The van der Waals surface area contributed by atoms with Crippen LogP contribution in [0.3, 0.4) is 0 Å². The quantitative estimate of drug-likeness (QED) is 0.567. The molecule has 7 heteroatoms. The zero-order chi connectivity index (χ0) is 20.4. The summed E-state index contributed by atoms with van der Waals surface area (Å²) in [6.45, 7) is 6.13. The first-order chi connectivity index (χ1) is 13.9. The maximum absolute atomic E-state index is 12.1. The highest BCUT2D eigenvalue weighted by Crippen LogP contribution is 2.23. The van der Waals surface area contributed by atoms with E-state index in [9.17, 15) is 4.79 Å². The predicted molar refractivity (Wildman–Crippen MR) is 112 cm³/mol. The molecule has 0 saturated heterocycles. The lowest BCUT2D eigenvalue weighted by Crippen LogP contribution is -2.19. The van der Waals surface area contributed by atoms with Crippen molar-refractivity contribution in [1.82, 2.24) is 24.8 Å². The molecule has 0 aliphatic heterocycles. The molecule has 0 bridgehead atoms. The van der Waals surface area contributed by atoms with E-state index in [0.29, 0.717) is 17.9 Å². The van der Waals surface area contributed by atoms with E-state index in [4.69, 9.17) is 5.10 Å². The molecule has 0 aliphatic rings. The molecule has 0 unspecified atom stereocenters. The Hall–Kier alpha value is -3.61. The summed E-state index contributed by atoms with van der Waals surface area (Å²) in [6, 6.07) is 15.2. The SMILES string of the molecule is CC(C)(C)CC(=O)Nc1ccc(-c2ccc3nnc(-c4ccncc4)n3n2)cc1. The third-order valence-corrected chi connectivity index (χ3v) is 4.36. The molecular weight excluding hydrogens is 364 g/mol. The van der Waals surface area contributed by atoms with Crippen LogP contribution in [0.1, 0.15) is 27.2 Å². The van der Waals surface area contributed by atoms with Crippen LogP contribution in [0.25, 0.3) is 28.3 Å². The van der Waals surface area contributed by atoms with Crippen LogP contribution in [0.4, 0.5) is 5.69 Å². The number of hydrogen-bond acceptors (Lipinski definition) is 5. The van der Waals surface area contributed by atoms with E-state index < -0.39 is 0 Å². The van der Waals surface area contributed by atoms with Gasteiger partial charge in [0.25, 0.3) is 0 Å². The molecule has 0 aliphatic carbocycles. The van der Waals surface area contributed by atoms with Crippen LogP contribution in [-0.4, -0.2) is 30.7 Å². The summed E-state index contributed by atoms with van der Waals surface area (Å²) in [5.74, 6) is 0.673. The molecule has 1 N–H and O–H groups in total. The second-order valence-electron chi connectivity index (χ2n) is 8.11. The average molecular weight is 386 g/mol. The number of fused-ring (bicyclic) bond motifs is 1. The number of benzene rings is 1. The van der Waals surface area contributed by atoms with Crippen LogP contribution in [0.5, 0.6) is 0 Å². The van der Waals surface area contributed by atoms with Gasteiger partial charge in [-0.15, -0.1) is 10.2 Å². The molecule has 0 saturated carbocycles. The van der Waals surface area contributed by atoms with Crippen molar-refractivity contribution in [2.75, 3.05) is 5.32 Å². The summed E-state index contributed by atoms with van der Waals surface area (Å²) in [7, 11) is 0. The molecule has 4 rings (SSSR count). The van der Waals surface area contributed by atoms with E-state index in [-0.39, 0.29) is 11.3 Å². The molecule has 1 amide bonds. The van der Waals surface area contributed by atoms with Crippen LogP contribution < -0.4 is 5.32 Å². The second-order valence-corrected chi connectivity index (χ2v) is 8.11. The maximum atomic E-state index is 12.1. The van der Waals surface area contributed by atoms with Crippen molar-refractivity contribution in [2.24, 2.45) is 5.41 Å². The Morgan fingerprint density at radius 3 is 2.34 bits per heavy atom. The second kappa shape index (κ2) is 7.43. The Bertz CT molecular complexity index is 1140. The molecule has 7 nitrogen and oxygen atoms in total. The Balaban J connectivity index is 1.59. The number of aromatic nitrogens is 5. The first-order valence-corrected chi connectivity index (χ1v) is 9.42. The van der Waals surface area contributed by atoms with Crippen molar-refractivity contribution in [3.8, 4) is 22.6 Å². The average Bonchev–Trinajstić information content (AvgIpc) is 3.11. The summed E-state index contributed by atoms with van der Waals surface area (Å²) in [5, 5.41) is 16.1. The summed E-state index contributed by atoms with van der Waals surface area (Å²) < 4.78 is 1.73. The van der Waals surface area contributed by atoms with Crippen molar-refractivity contribution < 1.29 is 4.79 Å². The van der Waals surface area contributed by atoms with Gasteiger partial charge in [0.05, 0.1) is 5.69 Å². The minimum Gasteiger partial charge on any atom is -0.326 e. The minimum atomic E-state index is -0.0469.